The summed E-state index contributed by atoms with van der Waals surface area (Å²) in [5.74, 6) is 0.605. The van der Waals surface area contributed by atoms with Crippen molar-refractivity contribution in [2.24, 2.45) is 4.99 Å². The summed E-state index contributed by atoms with van der Waals surface area (Å²) < 4.78 is 12.7. The largest absolute Gasteiger partial charge is 0.483 e. The quantitative estimate of drug-likeness (QED) is 0.601. The summed E-state index contributed by atoms with van der Waals surface area (Å²) in [6.07, 6.45) is 1.79. The Balaban J connectivity index is 1.58. The highest BCUT2D eigenvalue weighted by atomic mass is 79.9. The molecule has 0 atom stereocenters. The van der Waals surface area contributed by atoms with E-state index in [2.05, 4.69) is 36.9 Å². The molecule has 26 heavy (non-hydrogen) atoms. The molecule has 1 fully saturated rings. The van der Waals surface area contributed by atoms with Crippen LogP contribution in [0, 0.1) is 0 Å². The zero-order chi connectivity index (χ0) is 18.4. The van der Waals surface area contributed by atoms with Crippen molar-refractivity contribution in [1.29, 1.82) is 0 Å². The molecule has 7 heteroatoms. The van der Waals surface area contributed by atoms with Gasteiger partial charge in [0, 0.05) is 23.8 Å². The van der Waals surface area contributed by atoms with Crippen molar-refractivity contribution in [3.05, 3.63) is 57.0 Å². The predicted molar refractivity (Wildman–Crippen MR) is 108 cm³/mol. The molecule has 3 rings (SSSR count). The van der Waals surface area contributed by atoms with Crippen LogP contribution in [0.15, 0.2) is 56.4 Å². The number of hydrogen-bond acceptors (Lipinski definition) is 4. The molecule has 1 amide bonds. The fraction of sp³-hybridized carbons (Fsp3) is 0.263. The lowest BCUT2D eigenvalue weighted by atomic mass is 10.2. The van der Waals surface area contributed by atoms with Gasteiger partial charge >= 0.3 is 0 Å². The van der Waals surface area contributed by atoms with Crippen LogP contribution < -0.4 is 4.74 Å². The monoisotopic (exact) mass is 480 g/mol. The first-order valence-corrected chi connectivity index (χ1v) is 9.78. The van der Waals surface area contributed by atoms with E-state index in [4.69, 9.17) is 9.47 Å². The van der Waals surface area contributed by atoms with E-state index >= 15 is 0 Å². The maximum atomic E-state index is 12.1. The molecule has 5 nitrogen and oxygen atoms in total. The van der Waals surface area contributed by atoms with Gasteiger partial charge in [-0.25, -0.2) is 0 Å². The standard InChI is InChI=1S/C19H18Br2N2O3/c20-15-2-4-16(5-3-15)22-12-14-1-6-18(17(21)11-14)26-13-19(24)23-7-9-25-10-8-23/h1-6,11-12H,7-10,13H2. The Morgan fingerprint density at radius 1 is 1.15 bits per heavy atom. The van der Waals surface area contributed by atoms with Crippen molar-refractivity contribution in [1.82, 2.24) is 4.90 Å². The molecule has 0 aromatic heterocycles. The smallest absolute Gasteiger partial charge is 0.260 e. The minimum Gasteiger partial charge on any atom is -0.483 e. The second-order valence-corrected chi connectivity index (χ2v) is 7.48. The van der Waals surface area contributed by atoms with E-state index < -0.39 is 0 Å². The van der Waals surface area contributed by atoms with Gasteiger partial charge in [-0.3, -0.25) is 9.79 Å². The van der Waals surface area contributed by atoms with E-state index in [0.717, 1.165) is 20.2 Å². The maximum Gasteiger partial charge on any atom is 0.260 e. The average molecular weight is 482 g/mol. The summed E-state index contributed by atoms with van der Waals surface area (Å²) in [5, 5.41) is 0. The van der Waals surface area contributed by atoms with Gasteiger partial charge in [-0.15, -0.1) is 0 Å². The van der Waals surface area contributed by atoms with E-state index in [0.29, 0.717) is 32.1 Å². The minimum atomic E-state index is -0.0268. The van der Waals surface area contributed by atoms with Crippen molar-refractivity contribution in [3.63, 3.8) is 0 Å². The van der Waals surface area contributed by atoms with Gasteiger partial charge in [0.15, 0.2) is 6.61 Å². The molecule has 1 saturated heterocycles. The Morgan fingerprint density at radius 2 is 1.88 bits per heavy atom. The van der Waals surface area contributed by atoms with Gasteiger partial charge in [0.05, 0.1) is 23.4 Å². The number of aliphatic imine (C=N–C) groups is 1. The lowest BCUT2D eigenvalue weighted by molar-refractivity contribution is -0.137. The summed E-state index contributed by atoms with van der Waals surface area (Å²) >= 11 is 6.90. The molecule has 136 valence electrons. The molecule has 0 unspecified atom stereocenters. The van der Waals surface area contributed by atoms with E-state index in [-0.39, 0.29) is 12.5 Å². The fourth-order valence-corrected chi connectivity index (χ4v) is 3.21. The number of carbonyl (C=O) groups excluding carboxylic acids is 1. The second kappa shape index (κ2) is 9.30. The second-order valence-electron chi connectivity index (χ2n) is 5.71. The van der Waals surface area contributed by atoms with Gasteiger partial charge in [0.2, 0.25) is 0 Å². The van der Waals surface area contributed by atoms with Crippen molar-refractivity contribution < 1.29 is 14.3 Å². The van der Waals surface area contributed by atoms with Gasteiger partial charge in [-0.05, 0) is 64.0 Å². The third-order valence-corrected chi connectivity index (χ3v) is 5.01. The van der Waals surface area contributed by atoms with E-state index in [1.54, 1.807) is 11.1 Å². The Labute approximate surface area is 169 Å². The average Bonchev–Trinajstić information content (AvgIpc) is 2.67. The summed E-state index contributed by atoms with van der Waals surface area (Å²) in [5.41, 5.74) is 1.81. The molecule has 0 radical (unpaired) electrons. The van der Waals surface area contributed by atoms with E-state index in [1.165, 1.54) is 0 Å². The lowest BCUT2D eigenvalue weighted by Gasteiger charge is -2.26. The molecule has 1 aliphatic heterocycles. The van der Waals surface area contributed by atoms with Gasteiger partial charge < -0.3 is 14.4 Å². The molecule has 0 bridgehead atoms. The molecule has 1 heterocycles. The Kier molecular flexibility index (Phi) is 6.82. The summed E-state index contributed by atoms with van der Waals surface area (Å²) in [6.45, 7) is 2.43. The molecule has 0 aliphatic carbocycles. The zero-order valence-electron chi connectivity index (χ0n) is 14.0. The lowest BCUT2D eigenvalue weighted by Crippen LogP contribution is -2.43. The van der Waals surface area contributed by atoms with Crippen LogP contribution in [0.2, 0.25) is 0 Å². The van der Waals surface area contributed by atoms with Crippen LogP contribution in [0.5, 0.6) is 5.75 Å². The number of ether oxygens (including phenoxy) is 2. The first kappa shape index (κ1) is 19.1. The zero-order valence-corrected chi connectivity index (χ0v) is 17.2. The van der Waals surface area contributed by atoms with Gasteiger partial charge in [0.1, 0.15) is 5.75 Å². The number of benzene rings is 2. The van der Waals surface area contributed by atoms with E-state index in [9.17, 15) is 4.79 Å². The molecule has 2 aromatic carbocycles. The summed E-state index contributed by atoms with van der Waals surface area (Å²) in [6, 6.07) is 13.4. The van der Waals surface area contributed by atoms with Crippen molar-refractivity contribution in [2.75, 3.05) is 32.9 Å². The SMILES string of the molecule is O=C(COc1ccc(C=Nc2ccc(Br)cc2)cc1Br)N1CCOCC1. The van der Waals surface area contributed by atoms with Crippen LogP contribution in [0.4, 0.5) is 5.69 Å². The highest BCUT2D eigenvalue weighted by Gasteiger charge is 2.17. The Bertz CT molecular complexity index is 788. The van der Waals surface area contributed by atoms with Crippen LogP contribution in [0.3, 0.4) is 0 Å². The fourth-order valence-electron chi connectivity index (χ4n) is 2.43. The molecular weight excluding hydrogens is 464 g/mol. The molecular formula is C19H18Br2N2O3. The molecule has 1 aliphatic rings. The highest BCUT2D eigenvalue weighted by molar-refractivity contribution is 9.10. The van der Waals surface area contributed by atoms with Gasteiger partial charge in [0.25, 0.3) is 5.91 Å². The molecule has 0 spiro atoms. The molecule has 2 aromatic rings. The first-order chi connectivity index (χ1) is 12.6. The number of nitrogens with zero attached hydrogens (tertiary/aromatic N) is 2. The van der Waals surface area contributed by atoms with E-state index in [1.807, 2.05) is 42.5 Å². The van der Waals surface area contributed by atoms with Gasteiger partial charge in [-0.1, -0.05) is 15.9 Å². The first-order valence-electron chi connectivity index (χ1n) is 8.19. The highest BCUT2D eigenvalue weighted by Crippen LogP contribution is 2.26. The van der Waals surface area contributed by atoms with Gasteiger partial charge in [-0.2, -0.15) is 0 Å². The molecule has 0 N–H and O–H groups in total. The third kappa shape index (κ3) is 5.40. The number of amides is 1. The summed E-state index contributed by atoms with van der Waals surface area (Å²) in [7, 11) is 0. The number of rotatable bonds is 5. The number of carbonyl (C=O) groups is 1. The third-order valence-electron chi connectivity index (χ3n) is 3.86. The van der Waals surface area contributed by atoms with Crippen LogP contribution in [-0.2, 0) is 9.53 Å². The number of hydrogen-bond donors (Lipinski definition) is 0. The van der Waals surface area contributed by atoms with Crippen molar-refractivity contribution in [2.45, 2.75) is 0 Å². The van der Waals surface area contributed by atoms with Crippen molar-refractivity contribution in [3.8, 4) is 5.75 Å². The Morgan fingerprint density at radius 3 is 2.58 bits per heavy atom. The van der Waals surface area contributed by atoms with Crippen molar-refractivity contribution >= 4 is 49.7 Å². The predicted octanol–water partition coefficient (Wildman–Crippen LogP) is 4.20. The number of morpholine rings is 1. The van der Waals surface area contributed by atoms with Crippen LogP contribution in [-0.4, -0.2) is 49.9 Å². The maximum absolute atomic E-state index is 12.1. The minimum absolute atomic E-state index is 0.0188. The Hall–Kier alpha value is -1.70. The summed E-state index contributed by atoms with van der Waals surface area (Å²) in [4.78, 5) is 18.3. The van der Waals surface area contributed by atoms with Crippen LogP contribution in [0.1, 0.15) is 5.56 Å². The topological polar surface area (TPSA) is 51.1 Å². The van der Waals surface area contributed by atoms with Crippen LogP contribution in [0.25, 0.3) is 0 Å². The number of halogens is 2. The van der Waals surface area contributed by atoms with Crippen LogP contribution >= 0.6 is 31.9 Å². The molecule has 0 saturated carbocycles. The normalized spacial score (nSPS) is 14.6.